The van der Waals surface area contributed by atoms with Crippen LogP contribution in [0.15, 0.2) is 53.4 Å². The van der Waals surface area contributed by atoms with E-state index in [1.165, 1.54) is 35.1 Å². The number of piperazine rings is 1. The van der Waals surface area contributed by atoms with Crippen LogP contribution in [0.3, 0.4) is 0 Å². The number of nitrogens with zero attached hydrogens (tertiary/aromatic N) is 2. The van der Waals surface area contributed by atoms with Crippen LogP contribution >= 0.6 is 0 Å². The van der Waals surface area contributed by atoms with E-state index in [1.807, 2.05) is 24.3 Å². The van der Waals surface area contributed by atoms with Crippen LogP contribution in [-0.2, 0) is 27.8 Å². The minimum atomic E-state index is -4.10. The molecule has 1 aliphatic heterocycles. The fourth-order valence-corrected chi connectivity index (χ4v) is 5.77. The second-order valence-electron chi connectivity index (χ2n) is 7.91. The normalized spacial score (nSPS) is 18.9. The molecule has 1 heterocycles. The van der Waals surface area contributed by atoms with Crippen molar-refractivity contribution in [2.75, 3.05) is 20.1 Å². The quantitative estimate of drug-likeness (QED) is 0.401. The molecule has 0 saturated carbocycles. The fourth-order valence-electron chi connectivity index (χ4n) is 4.12. The summed E-state index contributed by atoms with van der Waals surface area (Å²) in [6.07, 6.45) is 0.880. The van der Waals surface area contributed by atoms with Crippen molar-refractivity contribution in [1.82, 2.24) is 20.0 Å². The lowest BCUT2D eigenvalue weighted by molar-refractivity contribution is -0.136. The Hall–Kier alpha value is -3.15. The van der Waals surface area contributed by atoms with Gasteiger partial charge in [-0.1, -0.05) is 31.2 Å². The number of carbonyl (C=O) groups is 2. The first-order valence-electron chi connectivity index (χ1n) is 11.0. The average molecular weight is 491 g/mol. The molecule has 3 N–H and O–H groups in total. The summed E-state index contributed by atoms with van der Waals surface area (Å²) < 4.78 is 33.6. The number of hydrogen-bond acceptors (Lipinski definition) is 6. The molecule has 184 valence electrons. The van der Waals surface area contributed by atoms with Crippen LogP contribution in [0.2, 0.25) is 0 Å². The Morgan fingerprint density at radius 2 is 1.74 bits per heavy atom. The minimum Gasteiger partial charge on any atom is -0.489 e. The number of benzene rings is 2. The van der Waals surface area contributed by atoms with E-state index >= 15 is 0 Å². The number of amides is 3. The zero-order valence-electron chi connectivity index (χ0n) is 19.4. The van der Waals surface area contributed by atoms with Gasteiger partial charge < -0.3 is 15.0 Å². The van der Waals surface area contributed by atoms with Gasteiger partial charge in [0.25, 0.3) is 5.91 Å². The van der Waals surface area contributed by atoms with E-state index in [0.717, 1.165) is 16.3 Å². The van der Waals surface area contributed by atoms with Gasteiger partial charge in [0.15, 0.2) is 0 Å². The van der Waals surface area contributed by atoms with Gasteiger partial charge in [-0.25, -0.2) is 18.7 Å². The molecule has 3 rings (SSSR count). The molecule has 34 heavy (non-hydrogen) atoms. The smallest absolute Gasteiger partial charge is 0.317 e. The summed E-state index contributed by atoms with van der Waals surface area (Å²) in [4.78, 5) is 25.9. The first-order valence-corrected chi connectivity index (χ1v) is 12.4. The van der Waals surface area contributed by atoms with Crippen LogP contribution in [0.4, 0.5) is 4.79 Å². The Morgan fingerprint density at radius 3 is 2.32 bits per heavy atom. The molecular weight excluding hydrogens is 460 g/mol. The van der Waals surface area contributed by atoms with Crippen molar-refractivity contribution in [3.05, 3.63) is 59.7 Å². The third-order valence-corrected chi connectivity index (χ3v) is 7.89. The topological polar surface area (TPSA) is 128 Å². The Kier molecular flexibility index (Phi) is 8.13. The van der Waals surface area contributed by atoms with Crippen molar-refractivity contribution in [2.45, 2.75) is 43.9 Å². The van der Waals surface area contributed by atoms with E-state index in [9.17, 15) is 23.2 Å². The maximum absolute atomic E-state index is 13.4. The lowest BCUT2D eigenvalue weighted by atomic mass is 10.1. The summed E-state index contributed by atoms with van der Waals surface area (Å²) in [5.41, 5.74) is 3.76. The van der Waals surface area contributed by atoms with Crippen LogP contribution in [0.25, 0.3) is 0 Å². The number of nitrogens with one attached hydrogen (secondary N) is 2. The molecule has 10 nitrogen and oxygen atoms in total. The number of urea groups is 1. The number of sulfonamides is 1. The number of aryl methyl sites for hydroxylation is 1. The van der Waals surface area contributed by atoms with Crippen molar-refractivity contribution in [3.8, 4) is 5.75 Å². The lowest BCUT2D eigenvalue weighted by Gasteiger charge is -2.43. The standard InChI is InChI=1S/C23H30N4O6S/c1-4-17-7-5-6-8-18(17)15-33-19-9-11-20(12-10-19)34(31,32)27-14-13-26(23(29)24-3)16(2)21(27)22(28)25-30/h5-12,16,21,30H,4,13-15H2,1-3H3,(H,24,29)(H,25,28). The second-order valence-corrected chi connectivity index (χ2v) is 9.80. The molecule has 1 saturated heterocycles. The van der Waals surface area contributed by atoms with Gasteiger partial charge in [0.05, 0.1) is 10.9 Å². The van der Waals surface area contributed by atoms with Crippen LogP contribution in [0.5, 0.6) is 5.75 Å². The molecule has 2 aromatic carbocycles. The molecule has 11 heteroatoms. The van der Waals surface area contributed by atoms with E-state index in [4.69, 9.17) is 4.74 Å². The van der Waals surface area contributed by atoms with Crippen molar-refractivity contribution in [1.29, 1.82) is 0 Å². The number of hydrogen-bond donors (Lipinski definition) is 3. The van der Waals surface area contributed by atoms with Gasteiger partial charge in [-0.05, 0) is 48.7 Å². The predicted octanol–water partition coefficient (Wildman–Crippen LogP) is 1.74. The summed E-state index contributed by atoms with van der Waals surface area (Å²) >= 11 is 0. The molecule has 2 aromatic rings. The van der Waals surface area contributed by atoms with Crippen LogP contribution < -0.4 is 15.5 Å². The Bertz CT molecular complexity index is 1120. The van der Waals surface area contributed by atoms with Gasteiger partial charge in [0, 0.05) is 20.1 Å². The van der Waals surface area contributed by atoms with Crippen molar-refractivity contribution in [3.63, 3.8) is 0 Å². The Labute approximate surface area is 199 Å². The maximum Gasteiger partial charge on any atom is 0.317 e. The van der Waals surface area contributed by atoms with E-state index in [0.29, 0.717) is 12.4 Å². The first-order chi connectivity index (χ1) is 16.2. The Balaban J connectivity index is 1.80. The van der Waals surface area contributed by atoms with Crippen molar-refractivity contribution in [2.24, 2.45) is 0 Å². The molecule has 0 radical (unpaired) electrons. The Morgan fingerprint density at radius 1 is 1.09 bits per heavy atom. The van der Waals surface area contributed by atoms with Crippen molar-refractivity contribution >= 4 is 22.0 Å². The molecule has 0 spiro atoms. The molecular formula is C23H30N4O6S. The SMILES string of the molecule is CCc1ccccc1COc1ccc(S(=O)(=O)N2CCN(C(=O)NC)C(C)C2C(=O)NO)cc1. The highest BCUT2D eigenvalue weighted by atomic mass is 32.2. The zero-order valence-corrected chi connectivity index (χ0v) is 20.2. The first kappa shape index (κ1) is 25.5. The van der Waals surface area contributed by atoms with Crippen LogP contribution in [0, 0.1) is 0 Å². The summed E-state index contributed by atoms with van der Waals surface area (Å²) in [5.74, 6) is -0.411. The minimum absolute atomic E-state index is 0.0230. The number of hydroxylamine groups is 1. The maximum atomic E-state index is 13.4. The third-order valence-electron chi connectivity index (χ3n) is 6.00. The monoisotopic (exact) mass is 490 g/mol. The predicted molar refractivity (Wildman–Crippen MR) is 125 cm³/mol. The van der Waals surface area contributed by atoms with E-state index < -0.39 is 34.0 Å². The fraction of sp³-hybridized carbons (Fsp3) is 0.391. The molecule has 0 bridgehead atoms. The van der Waals surface area contributed by atoms with E-state index in [-0.39, 0.29) is 18.0 Å². The number of rotatable bonds is 7. The molecule has 1 aliphatic rings. The molecule has 0 aromatic heterocycles. The molecule has 2 atom stereocenters. The van der Waals surface area contributed by atoms with E-state index in [2.05, 4.69) is 12.2 Å². The molecule has 2 unspecified atom stereocenters. The van der Waals surface area contributed by atoms with E-state index in [1.54, 1.807) is 19.1 Å². The summed E-state index contributed by atoms with van der Waals surface area (Å²) in [5, 5.41) is 11.7. The molecule has 1 fully saturated rings. The van der Waals surface area contributed by atoms with Gasteiger partial charge in [0.2, 0.25) is 10.0 Å². The second kappa shape index (κ2) is 10.9. The van der Waals surface area contributed by atoms with Gasteiger partial charge in [-0.3, -0.25) is 10.0 Å². The number of ether oxygens (including phenoxy) is 1. The van der Waals surface area contributed by atoms with Gasteiger partial charge >= 0.3 is 6.03 Å². The molecule has 3 amide bonds. The summed E-state index contributed by atoms with van der Waals surface area (Å²) in [6.45, 7) is 3.96. The number of carbonyl (C=O) groups excluding carboxylic acids is 2. The third kappa shape index (κ3) is 5.16. The van der Waals surface area contributed by atoms with Crippen LogP contribution in [-0.4, -0.2) is 67.0 Å². The van der Waals surface area contributed by atoms with Gasteiger partial charge in [-0.15, -0.1) is 0 Å². The van der Waals surface area contributed by atoms with Gasteiger partial charge in [0.1, 0.15) is 18.4 Å². The average Bonchev–Trinajstić information content (AvgIpc) is 2.86. The molecule has 0 aliphatic carbocycles. The highest BCUT2D eigenvalue weighted by Crippen LogP contribution is 2.27. The zero-order chi connectivity index (χ0) is 24.9. The summed E-state index contributed by atoms with van der Waals surface area (Å²) in [7, 11) is -2.65. The van der Waals surface area contributed by atoms with Gasteiger partial charge in [-0.2, -0.15) is 4.31 Å². The highest BCUT2D eigenvalue weighted by molar-refractivity contribution is 7.89. The highest BCUT2D eigenvalue weighted by Gasteiger charge is 2.45. The van der Waals surface area contributed by atoms with Crippen LogP contribution in [0.1, 0.15) is 25.0 Å². The van der Waals surface area contributed by atoms with Crippen molar-refractivity contribution < 1.29 is 28.0 Å². The summed E-state index contributed by atoms with van der Waals surface area (Å²) in [6, 6.07) is 11.4. The largest absolute Gasteiger partial charge is 0.489 e. The lowest BCUT2D eigenvalue weighted by Crippen LogP contribution is -2.66.